The lowest BCUT2D eigenvalue weighted by molar-refractivity contribution is 0.0498. The lowest BCUT2D eigenvalue weighted by atomic mass is 9.95. The molecule has 1 heterocycles. The number of ether oxygens (including phenoxy) is 1. The Labute approximate surface area is 126 Å². The highest BCUT2D eigenvalue weighted by molar-refractivity contribution is 9.10. The van der Waals surface area contributed by atoms with Crippen LogP contribution < -0.4 is 4.90 Å². The number of halogens is 2. The fourth-order valence-electron chi connectivity index (χ4n) is 2.42. The highest BCUT2D eigenvalue weighted by atomic mass is 79.9. The SMILES string of the molecule is COC1CN(c2ccc(CBr)c(Br)c2)CCC1C. The van der Waals surface area contributed by atoms with E-state index in [-0.39, 0.29) is 0 Å². The molecule has 0 radical (unpaired) electrons. The van der Waals surface area contributed by atoms with Crippen molar-refractivity contribution < 1.29 is 4.74 Å². The van der Waals surface area contributed by atoms with Crippen LogP contribution >= 0.6 is 31.9 Å². The topological polar surface area (TPSA) is 12.5 Å². The van der Waals surface area contributed by atoms with Gasteiger partial charge in [-0.15, -0.1) is 0 Å². The van der Waals surface area contributed by atoms with Crippen LogP contribution in [-0.2, 0) is 10.1 Å². The van der Waals surface area contributed by atoms with Gasteiger partial charge in [0.25, 0.3) is 0 Å². The van der Waals surface area contributed by atoms with Crippen molar-refractivity contribution in [2.45, 2.75) is 24.8 Å². The molecule has 18 heavy (non-hydrogen) atoms. The largest absolute Gasteiger partial charge is 0.379 e. The number of anilines is 1. The second kappa shape index (κ2) is 6.40. The smallest absolute Gasteiger partial charge is 0.0772 e. The molecule has 1 saturated heterocycles. The molecule has 0 aromatic heterocycles. The highest BCUT2D eigenvalue weighted by Gasteiger charge is 2.26. The molecule has 1 aliphatic rings. The average molecular weight is 377 g/mol. The van der Waals surface area contributed by atoms with Crippen molar-refractivity contribution in [2.75, 3.05) is 25.1 Å². The third-order valence-electron chi connectivity index (χ3n) is 3.74. The van der Waals surface area contributed by atoms with Crippen LogP contribution in [0.2, 0.25) is 0 Å². The van der Waals surface area contributed by atoms with Crippen molar-refractivity contribution in [3.63, 3.8) is 0 Å². The number of rotatable bonds is 3. The summed E-state index contributed by atoms with van der Waals surface area (Å²) in [5.74, 6) is 0.650. The maximum Gasteiger partial charge on any atom is 0.0772 e. The highest BCUT2D eigenvalue weighted by Crippen LogP contribution is 2.29. The minimum atomic E-state index is 0.341. The van der Waals surface area contributed by atoms with Crippen LogP contribution in [0.25, 0.3) is 0 Å². The monoisotopic (exact) mass is 375 g/mol. The molecule has 0 saturated carbocycles. The van der Waals surface area contributed by atoms with Gasteiger partial charge in [-0.25, -0.2) is 0 Å². The first-order chi connectivity index (χ1) is 8.65. The lowest BCUT2D eigenvalue weighted by Gasteiger charge is -2.37. The van der Waals surface area contributed by atoms with Crippen molar-refractivity contribution in [2.24, 2.45) is 5.92 Å². The van der Waals surface area contributed by atoms with E-state index in [0.29, 0.717) is 12.0 Å². The third kappa shape index (κ3) is 3.09. The molecule has 1 fully saturated rings. The fourth-order valence-corrected chi connectivity index (χ4v) is 3.79. The van der Waals surface area contributed by atoms with E-state index in [1.54, 1.807) is 0 Å². The summed E-state index contributed by atoms with van der Waals surface area (Å²) in [7, 11) is 1.81. The number of hydrogen-bond acceptors (Lipinski definition) is 2. The van der Waals surface area contributed by atoms with Crippen LogP contribution in [0.15, 0.2) is 22.7 Å². The zero-order chi connectivity index (χ0) is 13.1. The predicted octanol–water partition coefficient (Wildman–Crippen LogP) is 4.21. The summed E-state index contributed by atoms with van der Waals surface area (Å²) >= 11 is 7.12. The van der Waals surface area contributed by atoms with Gasteiger partial charge >= 0.3 is 0 Å². The molecule has 0 N–H and O–H groups in total. The zero-order valence-electron chi connectivity index (χ0n) is 10.8. The summed E-state index contributed by atoms with van der Waals surface area (Å²) in [6.07, 6.45) is 1.53. The summed E-state index contributed by atoms with van der Waals surface area (Å²) in [6.45, 7) is 4.37. The van der Waals surface area contributed by atoms with Crippen molar-refractivity contribution in [3.8, 4) is 0 Å². The van der Waals surface area contributed by atoms with Gasteiger partial charge in [-0.2, -0.15) is 0 Å². The van der Waals surface area contributed by atoms with E-state index < -0.39 is 0 Å². The minimum Gasteiger partial charge on any atom is -0.379 e. The molecule has 0 amide bonds. The minimum absolute atomic E-state index is 0.341. The van der Waals surface area contributed by atoms with Crippen LogP contribution in [0.4, 0.5) is 5.69 Å². The van der Waals surface area contributed by atoms with Gasteiger partial charge in [0.2, 0.25) is 0 Å². The van der Waals surface area contributed by atoms with Crippen molar-refractivity contribution >= 4 is 37.5 Å². The Balaban J connectivity index is 2.14. The standard InChI is InChI=1S/C14H19Br2NO/c1-10-5-6-17(9-14(10)18-2)12-4-3-11(8-15)13(16)7-12/h3-4,7,10,14H,5-6,8-9H2,1-2H3. The van der Waals surface area contributed by atoms with Gasteiger partial charge in [0.05, 0.1) is 6.10 Å². The van der Waals surface area contributed by atoms with Crippen LogP contribution in [0, 0.1) is 5.92 Å². The van der Waals surface area contributed by atoms with Gasteiger partial charge in [0.1, 0.15) is 0 Å². The molecule has 2 atom stereocenters. The molecular formula is C14H19Br2NO. The number of nitrogens with zero attached hydrogens (tertiary/aromatic N) is 1. The Morgan fingerprint density at radius 2 is 2.22 bits per heavy atom. The van der Waals surface area contributed by atoms with E-state index in [0.717, 1.165) is 18.4 Å². The Morgan fingerprint density at radius 1 is 1.44 bits per heavy atom. The van der Waals surface area contributed by atoms with Crippen molar-refractivity contribution in [3.05, 3.63) is 28.2 Å². The third-order valence-corrected chi connectivity index (χ3v) is 5.08. The summed E-state index contributed by atoms with van der Waals surface area (Å²) in [5.41, 5.74) is 2.56. The van der Waals surface area contributed by atoms with E-state index in [9.17, 15) is 0 Å². The normalized spacial score (nSPS) is 24.3. The fraction of sp³-hybridized carbons (Fsp3) is 0.571. The van der Waals surface area contributed by atoms with E-state index in [1.165, 1.54) is 22.1 Å². The molecular weight excluding hydrogens is 358 g/mol. The summed E-state index contributed by atoms with van der Waals surface area (Å²) in [6, 6.07) is 6.58. The molecule has 2 rings (SSSR count). The molecule has 2 unspecified atom stereocenters. The molecule has 1 aromatic rings. The molecule has 100 valence electrons. The predicted molar refractivity (Wildman–Crippen MR) is 83.6 cm³/mol. The zero-order valence-corrected chi connectivity index (χ0v) is 14.0. The second-order valence-electron chi connectivity index (χ2n) is 4.90. The van der Waals surface area contributed by atoms with Crippen molar-refractivity contribution in [1.29, 1.82) is 0 Å². The van der Waals surface area contributed by atoms with Gasteiger partial charge < -0.3 is 9.64 Å². The number of benzene rings is 1. The molecule has 4 heteroatoms. The Hall–Kier alpha value is -0.0600. The van der Waals surface area contributed by atoms with Crippen LogP contribution in [-0.4, -0.2) is 26.3 Å². The van der Waals surface area contributed by atoms with Gasteiger partial charge in [-0.05, 0) is 30.0 Å². The maximum atomic E-state index is 5.57. The van der Waals surface area contributed by atoms with E-state index in [4.69, 9.17) is 4.74 Å². The van der Waals surface area contributed by atoms with Gasteiger partial charge in [-0.1, -0.05) is 44.8 Å². The first-order valence-electron chi connectivity index (χ1n) is 6.28. The second-order valence-corrected chi connectivity index (χ2v) is 6.31. The molecule has 1 aliphatic heterocycles. The van der Waals surface area contributed by atoms with Gasteiger partial charge in [0, 0.05) is 35.7 Å². The van der Waals surface area contributed by atoms with Crippen molar-refractivity contribution in [1.82, 2.24) is 0 Å². The molecule has 0 aliphatic carbocycles. The summed E-state index contributed by atoms with van der Waals surface area (Å²) < 4.78 is 6.74. The Bertz CT molecular complexity index is 411. The Morgan fingerprint density at radius 3 is 2.83 bits per heavy atom. The number of hydrogen-bond donors (Lipinski definition) is 0. The summed E-state index contributed by atoms with van der Waals surface area (Å²) in [5, 5.41) is 0.881. The Kier molecular flexibility index (Phi) is 5.10. The quantitative estimate of drug-likeness (QED) is 0.732. The van der Waals surface area contributed by atoms with Crippen LogP contribution in [0.1, 0.15) is 18.9 Å². The van der Waals surface area contributed by atoms with E-state index in [1.807, 2.05) is 7.11 Å². The molecule has 2 nitrogen and oxygen atoms in total. The summed E-state index contributed by atoms with van der Waals surface area (Å²) in [4.78, 5) is 2.41. The van der Waals surface area contributed by atoms with Gasteiger partial charge in [-0.3, -0.25) is 0 Å². The van der Waals surface area contributed by atoms with Gasteiger partial charge in [0.15, 0.2) is 0 Å². The molecule has 1 aromatic carbocycles. The first kappa shape index (κ1) is 14.4. The lowest BCUT2D eigenvalue weighted by Crippen LogP contribution is -2.43. The van der Waals surface area contributed by atoms with E-state index >= 15 is 0 Å². The molecule has 0 bridgehead atoms. The maximum absolute atomic E-state index is 5.57. The molecule has 0 spiro atoms. The van der Waals surface area contributed by atoms with Crippen LogP contribution in [0.5, 0.6) is 0 Å². The van der Waals surface area contributed by atoms with Crippen LogP contribution in [0.3, 0.4) is 0 Å². The average Bonchev–Trinajstić information content (AvgIpc) is 2.39. The number of methoxy groups -OCH3 is 1. The van der Waals surface area contributed by atoms with E-state index in [2.05, 4.69) is 61.9 Å². The first-order valence-corrected chi connectivity index (χ1v) is 8.19. The number of piperidine rings is 1. The number of alkyl halides is 1.